The van der Waals surface area contributed by atoms with Crippen LogP contribution >= 0.6 is 0 Å². The van der Waals surface area contributed by atoms with Gasteiger partial charge in [0.25, 0.3) is 10.0 Å². The number of pyridine rings is 1. The zero-order chi connectivity index (χ0) is 18.9. The first kappa shape index (κ1) is 17.9. The van der Waals surface area contributed by atoms with Crippen LogP contribution in [0.15, 0.2) is 41.4 Å². The largest absolute Gasteiger partial charge is 0.285 e. The van der Waals surface area contributed by atoms with E-state index in [-0.39, 0.29) is 17.1 Å². The molecule has 7 nitrogen and oxygen atoms in total. The lowest BCUT2D eigenvalue weighted by atomic mass is 10.1. The zero-order valence-corrected chi connectivity index (χ0v) is 15.7. The topological polar surface area (TPSA) is 91.4 Å². The Morgan fingerprint density at radius 1 is 1.19 bits per heavy atom. The lowest BCUT2D eigenvalue weighted by Crippen LogP contribution is -2.32. The van der Waals surface area contributed by atoms with E-state index in [2.05, 4.69) is 10.2 Å². The quantitative estimate of drug-likeness (QED) is 0.645. The number of aromatic nitrogens is 3. The highest BCUT2D eigenvalue weighted by atomic mass is 32.2. The summed E-state index contributed by atoms with van der Waals surface area (Å²) in [6, 6.07) is 10.5. The molecule has 1 aromatic carbocycles. The molecule has 2 heterocycles. The molecule has 8 heteroatoms. The van der Waals surface area contributed by atoms with E-state index in [1.165, 1.54) is 6.07 Å². The lowest BCUT2D eigenvalue weighted by molar-refractivity contribution is 0.593. The van der Waals surface area contributed by atoms with E-state index >= 15 is 0 Å². The van der Waals surface area contributed by atoms with Crippen molar-refractivity contribution in [1.82, 2.24) is 14.6 Å². The molecule has 0 aliphatic rings. The summed E-state index contributed by atoms with van der Waals surface area (Å²) < 4.78 is 29.5. The second-order valence-corrected chi connectivity index (χ2v) is 7.88. The second kappa shape index (κ2) is 6.77. The number of hydrogen-bond donors (Lipinski definition) is 0. The Balaban J connectivity index is 2.21. The number of fused-ring (bicyclic) bond motifs is 1. The van der Waals surface area contributed by atoms with E-state index in [0.717, 1.165) is 15.4 Å². The number of aryl methyl sites for hydroxylation is 3. The summed E-state index contributed by atoms with van der Waals surface area (Å²) in [5.74, 6) is 0.676. The van der Waals surface area contributed by atoms with E-state index in [1.54, 1.807) is 28.8 Å². The summed E-state index contributed by atoms with van der Waals surface area (Å²) >= 11 is 0. The third kappa shape index (κ3) is 3.02. The minimum atomic E-state index is -3.98. The molecule has 0 unspecified atom stereocenters. The SMILES string of the molecule is CCc1nnc2c(S(=O)(=O)N(CC#N)c3cc(C)cc(C)c3)cccn12. The van der Waals surface area contributed by atoms with Gasteiger partial charge in [0.1, 0.15) is 17.3 Å². The van der Waals surface area contributed by atoms with E-state index in [1.807, 2.05) is 32.9 Å². The van der Waals surface area contributed by atoms with Crippen LogP contribution in [0.2, 0.25) is 0 Å². The van der Waals surface area contributed by atoms with Gasteiger partial charge in [-0.1, -0.05) is 13.0 Å². The number of rotatable bonds is 5. The molecule has 0 atom stereocenters. The third-order valence-corrected chi connectivity index (χ3v) is 5.86. The average Bonchev–Trinajstić information content (AvgIpc) is 3.01. The van der Waals surface area contributed by atoms with Crippen molar-refractivity contribution in [3.05, 3.63) is 53.5 Å². The molecule has 0 N–H and O–H groups in total. The molecule has 134 valence electrons. The van der Waals surface area contributed by atoms with Gasteiger partial charge in [-0.15, -0.1) is 10.2 Å². The van der Waals surface area contributed by atoms with Crippen molar-refractivity contribution in [3.8, 4) is 6.07 Å². The van der Waals surface area contributed by atoms with Crippen LogP contribution in [-0.4, -0.2) is 29.6 Å². The normalized spacial score (nSPS) is 11.5. The molecule has 0 fully saturated rings. The highest BCUT2D eigenvalue weighted by molar-refractivity contribution is 7.93. The molecule has 26 heavy (non-hydrogen) atoms. The first-order chi connectivity index (χ1) is 12.4. The smallest absolute Gasteiger partial charge is 0.269 e. The second-order valence-electron chi connectivity index (χ2n) is 6.05. The fourth-order valence-corrected chi connectivity index (χ4v) is 4.44. The molecule has 0 aliphatic carbocycles. The molecular weight excluding hydrogens is 350 g/mol. The van der Waals surface area contributed by atoms with Crippen molar-refractivity contribution < 1.29 is 8.42 Å². The van der Waals surface area contributed by atoms with Gasteiger partial charge in [-0.3, -0.25) is 8.71 Å². The molecule has 0 radical (unpaired) electrons. The average molecular weight is 369 g/mol. The summed E-state index contributed by atoms with van der Waals surface area (Å²) in [7, 11) is -3.98. The molecule has 0 saturated heterocycles. The van der Waals surface area contributed by atoms with E-state index < -0.39 is 10.0 Å². The zero-order valence-electron chi connectivity index (χ0n) is 14.8. The molecule has 0 saturated carbocycles. The van der Waals surface area contributed by atoms with Gasteiger partial charge in [0.2, 0.25) is 0 Å². The van der Waals surface area contributed by atoms with Gasteiger partial charge in [-0.25, -0.2) is 8.42 Å². The first-order valence-corrected chi connectivity index (χ1v) is 9.63. The number of nitriles is 1. The van der Waals surface area contributed by atoms with Crippen LogP contribution in [0.1, 0.15) is 23.9 Å². The predicted octanol–water partition coefficient (Wildman–Crippen LogP) is 2.63. The fourth-order valence-electron chi connectivity index (χ4n) is 2.97. The van der Waals surface area contributed by atoms with Crippen LogP contribution in [-0.2, 0) is 16.4 Å². The van der Waals surface area contributed by atoms with Gasteiger partial charge < -0.3 is 0 Å². The third-order valence-electron chi connectivity index (χ3n) is 4.06. The number of sulfonamides is 1. The molecule has 0 amide bonds. The molecular formula is C18H19N5O2S. The Morgan fingerprint density at radius 2 is 1.88 bits per heavy atom. The van der Waals surface area contributed by atoms with Crippen LogP contribution in [0, 0.1) is 25.2 Å². The van der Waals surface area contributed by atoms with E-state index in [0.29, 0.717) is 17.9 Å². The Hall–Kier alpha value is -2.92. The van der Waals surface area contributed by atoms with Gasteiger partial charge >= 0.3 is 0 Å². The Kier molecular flexibility index (Phi) is 4.66. The van der Waals surface area contributed by atoms with Gasteiger partial charge in [0.05, 0.1) is 11.8 Å². The summed E-state index contributed by atoms with van der Waals surface area (Å²) in [6.45, 7) is 5.41. The maximum Gasteiger partial charge on any atom is 0.269 e. The van der Waals surface area contributed by atoms with Crippen molar-refractivity contribution in [2.45, 2.75) is 32.1 Å². The minimum absolute atomic E-state index is 0.0293. The van der Waals surface area contributed by atoms with Gasteiger partial charge in [0.15, 0.2) is 5.65 Å². The van der Waals surface area contributed by atoms with Crippen molar-refractivity contribution >= 4 is 21.4 Å². The van der Waals surface area contributed by atoms with E-state index in [4.69, 9.17) is 0 Å². The summed E-state index contributed by atoms with van der Waals surface area (Å²) in [5, 5.41) is 17.3. The number of hydrogen-bond acceptors (Lipinski definition) is 5. The van der Waals surface area contributed by atoms with Crippen LogP contribution in [0.5, 0.6) is 0 Å². The Labute approximate surface area is 152 Å². The van der Waals surface area contributed by atoms with E-state index in [9.17, 15) is 13.7 Å². The Bertz CT molecular complexity index is 1090. The molecule has 2 aromatic heterocycles. The van der Waals surface area contributed by atoms with Crippen LogP contribution in [0.4, 0.5) is 5.69 Å². The number of benzene rings is 1. The standard InChI is InChI=1S/C18H19N5O2S/c1-4-17-20-21-18-16(6-5-8-22(17)18)26(24,25)23(9-7-19)15-11-13(2)10-14(3)12-15/h5-6,8,10-12H,4,9H2,1-3H3. The highest BCUT2D eigenvalue weighted by Crippen LogP contribution is 2.27. The maximum atomic E-state index is 13.4. The molecule has 0 bridgehead atoms. The van der Waals surface area contributed by atoms with Crippen LogP contribution < -0.4 is 4.31 Å². The Morgan fingerprint density at radius 3 is 2.50 bits per heavy atom. The van der Waals surface area contributed by atoms with Crippen LogP contribution in [0.25, 0.3) is 5.65 Å². The summed E-state index contributed by atoms with van der Waals surface area (Å²) in [6.07, 6.45) is 2.36. The molecule has 3 aromatic rings. The summed E-state index contributed by atoms with van der Waals surface area (Å²) in [5.41, 5.74) is 2.57. The molecule has 0 aliphatic heterocycles. The van der Waals surface area contributed by atoms with Gasteiger partial charge in [-0.05, 0) is 49.2 Å². The van der Waals surface area contributed by atoms with Crippen molar-refractivity contribution in [2.24, 2.45) is 0 Å². The minimum Gasteiger partial charge on any atom is -0.285 e. The van der Waals surface area contributed by atoms with Gasteiger partial charge in [0, 0.05) is 12.6 Å². The number of nitrogens with zero attached hydrogens (tertiary/aromatic N) is 5. The van der Waals surface area contributed by atoms with Crippen molar-refractivity contribution in [1.29, 1.82) is 5.26 Å². The van der Waals surface area contributed by atoms with Crippen LogP contribution in [0.3, 0.4) is 0 Å². The predicted molar refractivity (Wildman–Crippen MR) is 98.4 cm³/mol. The summed E-state index contributed by atoms with van der Waals surface area (Å²) in [4.78, 5) is 0.0293. The fraction of sp³-hybridized carbons (Fsp3) is 0.278. The molecule has 0 spiro atoms. The molecule has 3 rings (SSSR count). The van der Waals surface area contributed by atoms with Crippen molar-refractivity contribution in [3.63, 3.8) is 0 Å². The first-order valence-electron chi connectivity index (χ1n) is 8.19. The highest BCUT2D eigenvalue weighted by Gasteiger charge is 2.28. The van der Waals surface area contributed by atoms with Gasteiger partial charge in [-0.2, -0.15) is 5.26 Å². The van der Waals surface area contributed by atoms with Crippen molar-refractivity contribution in [2.75, 3.05) is 10.8 Å². The number of anilines is 1. The monoisotopic (exact) mass is 369 g/mol. The lowest BCUT2D eigenvalue weighted by Gasteiger charge is -2.22. The maximum absolute atomic E-state index is 13.4.